The van der Waals surface area contributed by atoms with Gasteiger partial charge < -0.3 is 5.11 Å². The molecular formula is C12H13Br2NO4S. The molecular weight excluding hydrogens is 414 g/mol. The molecule has 0 aliphatic carbocycles. The number of nitrogens with zero attached hydrogens (tertiary/aromatic N) is 1. The van der Waals surface area contributed by atoms with E-state index in [0.717, 1.165) is 15.2 Å². The standard InChI is InChI=1S/C12H13Br2NO4S/c13-8-4-5-11(9(14)7-8)20(18,19)15-6-2-1-3-10(15)12(16)17/h4-5,7,10H,1-3,6H2,(H,16,17)/t10-/m1/s1. The fourth-order valence-corrected chi connectivity index (χ4v) is 5.61. The molecule has 20 heavy (non-hydrogen) atoms. The van der Waals surface area contributed by atoms with Gasteiger partial charge in [-0.15, -0.1) is 0 Å². The first-order chi connectivity index (χ1) is 9.34. The van der Waals surface area contributed by atoms with Gasteiger partial charge >= 0.3 is 5.97 Å². The summed E-state index contributed by atoms with van der Waals surface area (Å²) in [6.07, 6.45) is 1.75. The Kier molecular flexibility index (Phi) is 4.88. The maximum atomic E-state index is 12.7. The second-order valence-electron chi connectivity index (χ2n) is 4.54. The van der Waals surface area contributed by atoms with Crippen molar-refractivity contribution in [2.75, 3.05) is 6.54 Å². The molecule has 0 bridgehead atoms. The third kappa shape index (κ3) is 3.08. The highest BCUT2D eigenvalue weighted by molar-refractivity contribution is 9.11. The molecule has 0 saturated carbocycles. The Hall–Kier alpha value is -0.440. The van der Waals surface area contributed by atoms with Crippen molar-refractivity contribution in [2.24, 2.45) is 0 Å². The quantitative estimate of drug-likeness (QED) is 0.806. The van der Waals surface area contributed by atoms with Gasteiger partial charge in [0.25, 0.3) is 0 Å². The summed E-state index contributed by atoms with van der Waals surface area (Å²) in [5, 5.41) is 9.21. The van der Waals surface area contributed by atoms with E-state index in [-0.39, 0.29) is 11.4 Å². The molecule has 0 amide bonds. The number of carboxylic acid groups (broad SMARTS) is 1. The minimum Gasteiger partial charge on any atom is -0.480 e. The normalized spacial score (nSPS) is 20.8. The number of hydrogen-bond acceptors (Lipinski definition) is 3. The Morgan fingerprint density at radius 2 is 2.00 bits per heavy atom. The maximum Gasteiger partial charge on any atom is 0.322 e. The van der Waals surface area contributed by atoms with E-state index < -0.39 is 22.0 Å². The lowest BCUT2D eigenvalue weighted by Crippen LogP contribution is -2.47. The fourth-order valence-electron chi connectivity index (χ4n) is 2.25. The van der Waals surface area contributed by atoms with Gasteiger partial charge in [-0.05, 0) is 53.4 Å². The number of carboxylic acids is 1. The van der Waals surface area contributed by atoms with E-state index in [2.05, 4.69) is 31.9 Å². The fraction of sp³-hybridized carbons (Fsp3) is 0.417. The highest BCUT2D eigenvalue weighted by atomic mass is 79.9. The van der Waals surface area contributed by atoms with Crippen molar-refractivity contribution in [3.05, 3.63) is 27.1 Å². The number of benzene rings is 1. The summed E-state index contributed by atoms with van der Waals surface area (Å²) in [5.41, 5.74) is 0. The number of halogens is 2. The van der Waals surface area contributed by atoms with Crippen LogP contribution in [-0.2, 0) is 14.8 Å². The van der Waals surface area contributed by atoms with Gasteiger partial charge in [0.2, 0.25) is 10.0 Å². The predicted molar refractivity (Wildman–Crippen MR) is 81.0 cm³/mol. The monoisotopic (exact) mass is 425 g/mol. The molecule has 0 unspecified atom stereocenters. The molecule has 8 heteroatoms. The number of rotatable bonds is 3. The average molecular weight is 427 g/mol. The minimum atomic E-state index is -3.82. The van der Waals surface area contributed by atoms with Crippen molar-refractivity contribution in [1.29, 1.82) is 0 Å². The van der Waals surface area contributed by atoms with E-state index in [0.29, 0.717) is 17.3 Å². The topological polar surface area (TPSA) is 74.7 Å². The zero-order valence-corrected chi connectivity index (χ0v) is 14.4. The zero-order valence-electron chi connectivity index (χ0n) is 10.4. The van der Waals surface area contributed by atoms with Gasteiger partial charge in [0.05, 0.1) is 4.90 Å². The highest BCUT2D eigenvalue weighted by Gasteiger charge is 2.38. The molecule has 1 aliphatic heterocycles. The molecule has 0 radical (unpaired) electrons. The van der Waals surface area contributed by atoms with Gasteiger partial charge in [0, 0.05) is 15.5 Å². The van der Waals surface area contributed by atoms with E-state index in [1.165, 1.54) is 6.07 Å². The number of sulfonamides is 1. The summed E-state index contributed by atoms with van der Waals surface area (Å²) in [5.74, 6) is -1.10. The Morgan fingerprint density at radius 1 is 1.30 bits per heavy atom. The number of carbonyl (C=O) groups is 1. The van der Waals surface area contributed by atoms with E-state index in [1.807, 2.05) is 0 Å². The van der Waals surface area contributed by atoms with Crippen LogP contribution in [0.3, 0.4) is 0 Å². The van der Waals surface area contributed by atoms with Crippen LogP contribution in [0, 0.1) is 0 Å². The van der Waals surface area contributed by atoms with Crippen LogP contribution in [-0.4, -0.2) is 36.4 Å². The second-order valence-corrected chi connectivity index (χ2v) is 8.17. The molecule has 1 saturated heterocycles. The SMILES string of the molecule is O=C(O)[C@H]1CCCCN1S(=O)(=O)c1ccc(Br)cc1Br. The van der Waals surface area contributed by atoms with Crippen molar-refractivity contribution in [2.45, 2.75) is 30.2 Å². The van der Waals surface area contributed by atoms with E-state index in [9.17, 15) is 18.3 Å². The van der Waals surface area contributed by atoms with E-state index >= 15 is 0 Å². The number of hydrogen-bond donors (Lipinski definition) is 1. The van der Waals surface area contributed by atoms with Crippen LogP contribution >= 0.6 is 31.9 Å². The first kappa shape index (κ1) is 15.9. The van der Waals surface area contributed by atoms with Crippen molar-refractivity contribution < 1.29 is 18.3 Å². The smallest absolute Gasteiger partial charge is 0.322 e. The molecule has 5 nitrogen and oxygen atoms in total. The van der Waals surface area contributed by atoms with Crippen LogP contribution in [0.15, 0.2) is 32.0 Å². The molecule has 1 aliphatic rings. The highest BCUT2D eigenvalue weighted by Crippen LogP contribution is 2.31. The van der Waals surface area contributed by atoms with Crippen LogP contribution in [0.25, 0.3) is 0 Å². The Balaban J connectivity index is 2.45. The van der Waals surface area contributed by atoms with E-state index in [4.69, 9.17) is 0 Å². The molecule has 1 aromatic carbocycles. The van der Waals surface area contributed by atoms with Crippen LogP contribution in [0.1, 0.15) is 19.3 Å². The molecule has 1 aromatic rings. The largest absolute Gasteiger partial charge is 0.480 e. The Bertz CT molecular complexity index is 632. The summed E-state index contributed by atoms with van der Waals surface area (Å²) in [7, 11) is -3.82. The summed E-state index contributed by atoms with van der Waals surface area (Å²) in [6.45, 7) is 0.238. The third-order valence-corrected chi connectivity index (χ3v) is 6.60. The van der Waals surface area contributed by atoms with Crippen molar-refractivity contribution in [3.8, 4) is 0 Å². The number of aliphatic carboxylic acids is 1. The van der Waals surface area contributed by atoms with Gasteiger partial charge in [-0.25, -0.2) is 8.42 Å². The first-order valence-corrected chi connectivity index (χ1v) is 9.06. The third-order valence-electron chi connectivity index (χ3n) is 3.22. The second kappa shape index (κ2) is 6.13. The lowest BCUT2D eigenvalue weighted by Gasteiger charge is -2.32. The molecule has 1 heterocycles. The molecule has 1 atom stereocenters. The van der Waals surface area contributed by atoms with Crippen molar-refractivity contribution in [1.82, 2.24) is 4.31 Å². The van der Waals surface area contributed by atoms with Crippen LogP contribution in [0.2, 0.25) is 0 Å². The number of piperidine rings is 1. The molecule has 1 N–H and O–H groups in total. The summed E-state index contributed by atoms with van der Waals surface area (Å²) >= 11 is 6.48. The van der Waals surface area contributed by atoms with E-state index in [1.54, 1.807) is 12.1 Å². The Morgan fingerprint density at radius 3 is 2.60 bits per heavy atom. The maximum absolute atomic E-state index is 12.7. The summed E-state index contributed by atoms with van der Waals surface area (Å²) in [6, 6.07) is 3.74. The summed E-state index contributed by atoms with van der Waals surface area (Å²) in [4.78, 5) is 11.3. The van der Waals surface area contributed by atoms with Gasteiger partial charge in [0.15, 0.2) is 0 Å². The van der Waals surface area contributed by atoms with Gasteiger partial charge in [-0.2, -0.15) is 4.31 Å². The van der Waals surface area contributed by atoms with Crippen LogP contribution < -0.4 is 0 Å². The van der Waals surface area contributed by atoms with Crippen LogP contribution in [0.4, 0.5) is 0 Å². The predicted octanol–water partition coefficient (Wildman–Crippen LogP) is 2.84. The molecule has 0 aromatic heterocycles. The summed E-state index contributed by atoms with van der Waals surface area (Å²) < 4.78 is 27.6. The van der Waals surface area contributed by atoms with Crippen molar-refractivity contribution >= 4 is 47.9 Å². The first-order valence-electron chi connectivity index (χ1n) is 6.04. The molecule has 2 rings (SSSR count). The van der Waals surface area contributed by atoms with Gasteiger partial charge in [-0.1, -0.05) is 15.9 Å². The van der Waals surface area contributed by atoms with Crippen LogP contribution in [0.5, 0.6) is 0 Å². The molecule has 0 spiro atoms. The minimum absolute atomic E-state index is 0.0915. The molecule has 1 fully saturated rings. The lowest BCUT2D eigenvalue weighted by molar-refractivity contribution is -0.142. The Labute approximate surface area is 134 Å². The average Bonchev–Trinajstić information content (AvgIpc) is 2.38. The van der Waals surface area contributed by atoms with Gasteiger partial charge in [0.1, 0.15) is 6.04 Å². The van der Waals surface area contributed by atoms with Crippen molar-refractivity contribution in [3.63, 3.8) is 0 Å². The zero-order chi connectivity index (χ0) is 14.9. The lowest BCUT2D eigenvalue weighted by atomic mass is 10.1. The molecule has 110 valence electrons. The van der Waals surface area contributed by atoms with Gasteiger partial charge in [-0.3, -0.25) is 4.79 Å².